The third kappa shape index (κ3) is 3.02. The Balaban J connectivity index is 2.24. The fourth-order valence-electron chi connectivity index (χ4n) is 3.05. The predicted octanol–water partition coefficient (Wildman–Crippen LogP) is 3.81. The van der Waals surface area contributed by atoms with Crippen molar-refractivity contribution < 1.29 is 13.2 Å². The van der Waals surface area contributed by atoms with Gasteiger partial charge in [-0.2, -0.15) is 13.2 Å². The van der Waals surface area contributed by atoms with Gasteiger partial charge in [0.05, 0.1) is 5.56 Å². The van der Waals surface area contributed by atoms with Crippen LogP contribution in [0.1, 0.15) is 5.56 Å². The molecule has 0 fully saturated rings. The van der Waals surface area contributed by atoms with Crippen LogP contribution in [0.25, 0.3) is 0 Å². The van der Waals surface area contributed by atoms with Crippen LogP contribution in [-0.4, -0.2) is 8.07 Å². The van der Waals surface area contributed by atoms with Crippen molar-refractivity contribution in [2.45, 2.75) is 12.7 Å². The first-order chi connectivity index (χ1) is 11.4. The number of rotatable bonds is 3. The highest BCUT2D eigenvalue weighted by molar-refractivity contribution is 7.10. The Morgan fingerprint density at radius 3 is 1.54 bits per heavy atom. The summed E-state index contributed by atoms with van der Waals surface area (Å²) in [6.07, 6.45) is -4.33. The van der Waals surface area contributed by atoms with Crippen LogP contribution < -0.4 is 15.6 Å². The molecule has 4 heteroatoms. The fraction of sp³-hybridized carbons (Fsp3) is 0.100. The van der Waals surface area contributed by atoms with Gasteiger partial charge < -0.3 is 0 Å². The van der Waals surface area contributed by atoms with E-state index >= 15 is 0 Å². The van der Waals surface area contributed by atoms with Gasteiger partial charge in [-0.15, -0.1) is 0 Å². The lowest BCUT2D eigenvalue weighted by atomic mass is 10.2. The lowest BCUT2D eigenvalue weighted by Gasteiger charge is -2.30. The Kier molecular flexibility index (Phi) is 4.33. The molecule has 0 bridgehead atoms. The Morgan fingerprint density at radius 2 is 1.08 bits per heavy atom. The van der Waals surface area contributed by atoms with Gasteiger partial charge >= 0.3 is 6.18 Å². The van der Waals surface area contributed by atoms with Gasteiger partial charge in [-0.1, -0.05) is 85.4 Å². The molecule has 122 valence electrons. The minimum atomic E-state index is -4.33. The zero-order valence-corrected chi connectivity index (χ0v) is 14.2. The monoisotopic (exact) mass is 342 g/mol. The van der Waals surface area contributed by atoms with Crippen LogP contribution >= 0.6 is 0 Å². The Hall–Kier alpha value is -2.33. The number of benzene rings is 3. The van der Waals surface area contributed by atoms with E-state index in [0.717, 1.165) is 21.6 Å². The third-order valence-corrected chi connectivity index (χ3v) is 8.91. The van der Waals surface area contributed by atoms with Gasteiger partial charge in [0.15, 0.2) is 0 Å². The van der Waals surface area contributed by atoms with Gasteiger partial charge in [-0.3, -0.25) is 0 Å². The second-order valence-electron chi connectivity index (χ2n) is 5.94. The molecule has 0 aliphatic heterocycles. The van der Waals surface area contributed by atoms with Gasteiger partial charge in [0.1, 0.15) is 8.07 Å². The van der Waals surface area contributed by atoms with Gasteiger partial charge in [0.25, 0.3) is 0 Å². The summed E-state index contributed by atoms with van der Waals surface area (Å²) in [6.45, 7) is 2.10. The summed E-state index contributed by atoms with van der Waals surface area (Å²) in [5.74, 6) is 0. The van der Waals surface area contributed by atoms with Crippen molar-refractivity contribution in [1.82, 2.24) is 0 Å². The van der Waals surface area contributed by atoms with Crippen molar-refractivity contribution in [3.8, 4) is 0 Å². The van der Waals surface area contributed by atoms with Crippen molar-refractivity contribution in [2.24, 2.45) is 0 Å². The number of halogens is 3. The van der Waals surface area contributed by atoms with E-state index in [9.17, 15) is 13.2 Å². The van der Waals surface area contributed by atoms with Crippen LogP contribution in [0.4, 0.5) is 13.2 Å². The van der Waals surface area contributed by atoms with Gasteiger partial charge in [-0.05, 0) is 21.6 Å². The maximum absolute atomic E-state index is 13.2. The smallest absolute Gasteiger partial charge is 0.166 e. The molecule has 3 rings (SSSR count). The maximum Gasteiger partial charge on any atom is 0.416 e. The highest BCUT2D eigenvalue weighted by Crippen LogP contribution is 2.28. The Morgan fingerprint density at radius 1 is 0.625 bits per heavy atom. The normalized spacial score (nSPS) is 12.2. The molecule has 24 heavy (non-hydrogen) atoms. The number of hydrogen-bond acceptors (Lipinski definition) is 0. The average Bonchev–Trinajstić information content (AvgIpc) is 2.62. The predicted molar refractivity (Wildman–Crippen MR) is 94.8 cm³/mol. The first kappa shape index (κ1) is 16.5. The molecule has 0 aliphatic carbocycles. The molecular formula is C20H17F3Si. The topological polar surface area (TPSA) is 0 Å². The van der Waals surface area contributed by atoms with E-state index in [2.05, 4.69) is 6.55 Å². The molecule has 0 unspecified atom stereocenters. The first-order valence-electron chi connectivity index (χ1n) is 7.71. The Labute approximate surface area is 140 Å². The maximum atomic E-state index is 13.2. The molecule has 0 aromatic heterocycles. The molecule has 0 nitrogen and oxygen atoms in total. The molecule has 0 saturated heterocycles. The van der Waals surface area contributed by atoms with E-state index < -0.39 is 19.8 Å². The van der Waals surface area contributed by atoms with E-state index in [1.807, 2.05) is 66.7 Å². The highest BCUT2D eigenvalue weighted by atomic mass is 28.3. The van der Waals surface area contributed by atoms with E-state index in [0.29, 0.717) is 0 Å². The van der Waals surface area contributed by atoms with E-state index in [1.165, 1.54) is 12.1 Å². The van der Waals surface area contributed by atoms with Crippen molar-refractivity contribution in [3.63, 3.8) is 0 Å². The summed E-state index contributed by atoms with van der Waals surface area (Å²) >= 11 is 0. The van der Waals surface area contributed by atoms with Crippen LogP contribution in [0.5, 0.6) is 0 Å². The lowest BCUT2D eigenvalue weighted by Crippen LogP contribution is -2.64. The number of hydrogen-bond donors (Lipinski definition) is 0. The van der Waals surface area contributed by atoms with Crippen molar-refractivity contribution in [2.75, 3.05) is 0 Å². The molecule has 3 aromatic rings. The molecule has 0 amide bonds. The second kappa shape index (κ2) is 6.28. The molecule has 0 heterocycles. The Bertz CT molecular complexity index is 772. The SMILES string of the molecule is C[Si](c1ccccc1)(c1ccccc1)c1cccc(C(F)(F)F)c1. The number of alkyl halides is 3. The largest absolute Gasteiger partial charge is 0.416 e. The molecule has 0 aliphatic rings. The third-order valence-electron chi connectivity index (χ3n) is 4.47. The fourth-order valence-corrected chi connectivity index (χ4v) is 6.64. The van der Waals surface area contributed by atoms with Crippen LogP contribution in [0, 0.1) is 0 Å². The average molecular weight is 342 g/mol. The van der Waals surface area contributed by atoms with Crippen LogP contribution in [0.15, 0.2) is 84.9 Å². The quantitative estimate of drug-likeness (QED) is 0.502. The molecule has 3 aromatic carbocycles. The van der Waals surface area contributed by atoms with Crippen LogP contribution in [0.2, 0.25) is 6.55 Å². The van der Waals surface area contributed by atoms with Crippen LogP contribution in [0.3, 0.4) is 0 Å². The molecular weight excluding hydrogens is 325 g/mol. The van der Waals surface area contributed by atoms with Gasteiger partial charge in [0, 0.05) is 0 Å². The summed E-state index contributed by atoms with van der Waals surface area (Å²) < 4.78 is 39.5. The summed E-state index contributed by atoms with van der Waals surface area (Å²) in [5.41, 5.74) is -0.592. The second-order valence-corrected chi connectivity index (χ2v) is 9.92. The zero-order chi connectivity index (χ0) is 17.2. The summed E-state index contributed by atoms with van der Waals surface area (Å²) in [5, 5.41) is 2.95. The summed E-state index contributed by atoms with van der Waals surface area (Å²) in [7, 11) is -2.49. The van der Waals surface area contributed by atoms with E-state index in [4.69, 9.17) is 0 Å². The van der Waals surface area contributed by atoms with Crippen molar-refractivity contribution in [3.05, 3.63) is 90.5 Å². The first-order valence-corrected chi connectivity index (χ1v) is 10.2. The van der Waals surface area contributed by atoms with Crippen molar-refractivity contribution in [1.29, 1.82) is 0 Å². The zero-order valence-electron chi connectivity index (χ0n) is 13.2. The minimum absolute atomic E-state index is 0.592. The van der Waals surface area contributed by atoms with Crippen molar-refractivity contribution >= 4 is 23.6 Å². The summed E-state index contributed by atoms with van der Waals surface area (Å²) in [4.78, 5) is 0. The molecule has 0 saturated carbocycles. The standard InChI is InChI=1S/C20H17F3Si/c1-24(17-10-4-2-5-11-17,18-12-6-3-7-13-18)19-14-8-9-16(15-19)20(21,22)23/h2-15H,1H3. The molecule has 0 N–H and O–H groups in total. The highest BCUT2D eigenvalue weighted by Gasteiger charge is 2.37. The van der Waals surface area contributed by atoms with E-state index in [-0.39, 0.29) is 0 Å². The lowest BCUT2D eigenvalue weighted by molar-refractivity contribution is -0.137. The summed E-state index contributed by atoms with van der Waals surface area (Å²) in [6, 6.07) is 25.4. The van der Waals surface area contributed by atoms with Gasteiger partial charge in [-0.25, -0.2) is 0 Å². The van der Waals surface area contributed by atoms with Gasteiger partial charge in [0.2, 0.25) is 0 Å². The minimum Gasteiger partial charge on any atom is -0.166 e. The molecule has 0 atom stereocenters. The van der Waals surface area contributed by atoms with E-state index in [1.54, 1.807) is 0 Å². The molecule has 0 radical (unpaired) electrons. The van der Waals surface area contributed by atoms with Crippen LogP contribution in [-0.2, 0) is 6.18 Å². The molecule has 0 spiro atoms.